The van der Waals surface area contributed by atoms with Gasteiger partial charge in [0.1, 0.15) is 11.9 Å². The number of carboxylic acid groups (broad SMARTS) is 1. The van der Waals surface area contributed by atoms with Gasteiger partial charge in [-0.2, -0.15) is 0 Å². The summed E-state index contributed by atoms with van der Waals surface area (Å²) in [6.45, 7) is 2.92. The number of fused-ring (bicyclic) bond motifs is 1. The molecule has 2 aromatic heterocycles. The van der Waals surface area contributed by atoms with Crippen molar-refractivity contribution in [2.24, 2.45) is 11.8 Å². The van der Waals surface area contributed by atoms with Gasteiger partial charge in [-0.05, 0) is 117 Å². The van der Waals surface area contributed by atoms with Gasteiger partial charge in [0.05, 0.1) is 12.6 Å². The lowest BCUT2D eigenvalue weighted by Gasteiger charge is -2.39. The van der Waals surface area contributed by atoms with Gasteiger partial charge in [0.2, 0.25) is 0 Å². The Kier molecular flexibility index (Phi) is 9.83. The summed E-state index contributed by atoms with van der Waals surface area (Å²) in [7, 11) is 1.61. The van der Waals surface area contributed by atoms with E-state index in [-0.39, 0.29) is 12.3 Å². The molecule has 0 saturated carbocycles. The molecule has 1 saturated heterocycles. The zero-order chi connectivity index (χ0) is 26.0. The van der Waals surface area contributed by atoms with E-state index in [2.05, 4.69) is 27.0 Å². The molecule has 37 heavy (non-hydrogen) atoms. The molecule has 7 heteroatoms. The summed E-state index contributed by atoms with van der Waals surface area (Å²) >= 11 is 0. The van der Waals surface area contributed by atoms with Crippen LogP contribution < -0.4 is 4.74 Å². The molecule has 3 aromatic rings. The highest BCUT2D eigenvalue weighted by molar-refractivity contribution is 5.83. The van der Waals surface area contributed by atoms with Gasteiger partial charge in [-0.25, -0.2) is 4.39 Å². The maximum absolute atomic E-state index is 15.5. The minimum Gasteiger partial charge on any atom is -0.497 e. The van der Waals surface area contributed by atoms with E-state index < -0.39 is 12.1 Å². The van der Waals surface area contributed by atoms with Crippen LogP contribution in [0.25, 0.3) is 10.9 Å². The van der Waals surface area contributed by atoms with Crippen LogP contribution in [0.4, 0.5) is 4.39 Å². The first kappa shape index (κ1) is 27.0. The van der Waals surface area contributed by atoms with E-state index >= 15 is 4.39 Å². The Hall–Kier alpha value is -3.06. The number of aliphatic carboxylic acids is 1. The van der Waals surface area contributed by atoms with Gasteiger partial charge in [0.25, 0.3) is 0 Å². The molecule has 0 spiro atoms. The predicted octanol–water partition coefficient (Wildman–Crippen LogP) is 6.26. The van der Waals surface area contributed by atoms with Gasteiger partial charge in [0, 0.05) is 36.9 Å². The molecule has 1 aromatic carbocycles. The second kappa shape index (κ2) is 13.5. The van der Waals surface area contributed by atoms with Gasteiger partial charge in [-0.3, -0.25) is 14.8 Å². The Morgan fingerprint density at radius 2 is 1.97 bits per heavy atom. The smallest absolute Gasteiger partial charge is 0.303 e. The van der Waals surface area contributed by atoms with Crippen LogP contribution >= 0.6 is 0 Å². The Labute approximate surface area is 218 Å². The molecule has 0 unspecified atom stereocenters. The summed E-state index contributed by atoms with van der Waals surface area (Å²) in [5, 5.41) is 10.1. The van der Waals surface area contributed by atoms with Crippen molar-refractivity contribution in [2.45, 2.75) is 57.5 Å². The zero-order valence-electron chi connectivity index (χ0n) is 21.7. The second-order valence-electron chi connectivity index (χ2n) is 10.2. The number of carbonyl (C=O) groups is 1. The highest BCUT2D eigenvalue weighted by Crippen LogP contribution is 2.36. The molecule has 1 N–H and O–H groups in total. The van der Waals surface area contributed by atoms with Crippen LogP contribution in [0.1, 0.15) is 62.2 Å². The molecule has 3 heterocycles. The fourth-order valence-corrected chi connectivity index (χ4v) is 5.65. The topological polar surface area (TPSA) is 75.5 Å². The molecule has 6 nitrogen and oxygen atoms in total. The Morgan fingerprint density at radius 1 is 1.14 bits per heavy atom. The van der Waals surface area contributed by atoms with Crippen LogP contribution in [-0.4, -0.2) is 52.7 Å². The van der Waals surface area contributed by atoms with Gasteiger partial charge in [0.15, 0.2) is 0 Å². The number of nitrogens with zero attached hydrogens (tertiary/aromatic N) is 3. The third kappa shape index (κ3) is 7.71. The van der Waals surface area contributed by atoms with Crippen LogP contribution in [-0.2, 0) is 11.2 Å². The van der Waals surface area contributed by atoms with E-state index in [0.717, 1.165) is 62.6 Å². The number of rotatable bonds is 13. The van der Waals surface area contributed by atoms with Gasteiger partial charge in [-0.15, -0.1) is 0 Å². The van der Waals surface area contributed by atoms with E-state index in [9.17, 15) is 9.90 Å². The fourth-order valence-electron chi connectivity index (χ4n) is 5.65. The number of likely N-dealkylation sites (tertiary alicyclic amines) is 1. The molecule has 3 atom stereocenters. The first-order chi connectivity index (χ1) is 18.0. The first-order valence-electron chi connectivity index (χ1n) is 13.4. The van der Waals surface area contributed by atoms with Crippen molar-refractivity contribution < 1.29 is 19.0 Å². The van der Waals surface area contributed by atoms with Gasteiger partial charge in [-0.1, -0.05) is 0 Å². The van der Waals surface area contributed by atoms with Crippen molar-refractivity contribution in [1.82, 2.24) is 14.9 Å². The SMILES string of the molecule is COc1ccc2nccc([C@H](F)CC[C@@H]3CCN(CCCCc4ccncc4)C[C@H]3CCC(=O)O)c2c1. The molecule has 198 valence electrons. The highest BCUT2D eigenvalue weighted by Gasteiger charge is 2.30. The number of unbranched alkanes of at least 4 members (excludes halogenated alkanes) is 1. The number of carboxylic acids is 1. The van der Waals surface area contributed by atoms with Crippen molar-refractivity contribution in [3.05, 3.63) is 66.1 Å². The molecule has 0 radical (unpaired) electrons. The zero-order valence-corrected chi connectivity index (χ0v) is 21.7. The normalized spacial score (nSPS) is 19.1. The first-order valence-corrected chi connectivity index (χ1v) is 13.4. The maximum atomic E-state index is 15.5. The number of piperidine rings is 1. The van der Waals surface area contributed by atoms with Crippen molar-refractivity contribution in [3.63, 3.8) is 0 Å². The van der Waals surface area contributed by atoms with Crippen LogP contribution in [0.3, 0.4) is 0 Å². The average molecular weight is 508 g/mol. The molecule has 1 aliphatic rings. The second-order valence-corrected chi connectivity index (χ2v) is 10.2. The number of aryl methyl sites for hydroxylation is 1. The number of pyridine rings is 2. The maximum Gasteiger partial charge on any atom is 0.303 e. The highest BCUT2D eigenvalue weighted by atomic mass is 19.1. The fraction of sp³-hybridized carbons (Fsp3) is 0.500. The van der Waals surface area contributed by atoms with E-state index in [1.165, 1.54) is 5.56 Å². The number of hydrogen-bond acceptors (Lipinski definition) is 5. The molecule has 0 bridgehead atoms. The van der Waals surface area contributed by atoms with Crippen molar-refractivity contribution in [1.29, 1.82) is 0 Å². The molecule has 1 fully saturated rings. The third-order valence-corrected chi connectivity index (χ3v) is 7.75. The summed E-state index contributed by atoms with van der Waals surface area (Å²) in [5.74, 6) is 0.560. The van der Waals surface area contributed by atoms with E-state index in [0.29, 0.717) is 30.1 Å². The Balaban J connectivity index is 1.32. The van der Waals surface area contributed by atoms with Crippen LogP contribution in [0.2, 0.25) is 0 Å². The number of aromatic nitrogens is 2. The Bertz CT molecular complexity index is 1140. The molecule has 0 amide bonds. The summed E-state index contributed by atoms with van der Waals surface area (Å²) < 4.78 is 20.9. The number of ether oxygens (including phenoxy) is 1. The van der Waals surface area contributed by atoms with Crippen LogP contribution in [0.5, 0.6) is 5.75 Å². The van der Waals surface area contributed by atoms with Crippen LogP contribution in [0, 0.1) is 11.8 Å². The molecule has 4 rings (SSSR count). The Morgan fingerprint density at radius 3 is 2.76 bits per heavy atom. The average Bonchev–Trinajstić information content (AvgIpc) is 2.93. The standard InChI is InChI=1S/C30H38FN3O3/c1-37-25-7-9-29-27(20-25)26(13-17-33-29)28(31)8-5-23-14-19-34(21-24(23)6-10-30(35)36)18-3-2-4-22-11-15-32-16-12-22/h7,9,11-13,15-17,20,23-24,28H,2-6,8,10,14,18-19,21H2,1H3,(H,35,36)/t23-,24-,28-/m1/s1. The minimum atomic E-state index is -1.09. The van der Waals surface area contributed by atoms with Gasteiger partial charge < -0.3 is 14.7 Å². The largest absolute Gasteiger partial charge is 0.497 e. The summed E-state index contributed by atoms with van der Waals surface area (Å²) in [4.78, 5) is 22.2. The molecule has 0 aliphatic carbocycles. The van der Waals surface area contributed by atoms with E-state index in [4.69, 9.17) is 4.74 Å². The quantitative estimate of drug-likeness (QED) is 0.276. The minimum absolute atomic E-state index is 0.172. The van der Waals surface area contributed by atoms with E-state index in [1.54, 1.807) is 19.4 Å². The van der Waals surface area contributed by atoms with Gasteiger partial charge >= 0.3 is 5.97 Å². The van der Waals surface area contributed by atoms with Crippen molar-refractivity contribution in [3.8, 4) is 5.75 Å². The van der Waals surface area contributed by atoms with E-state index in [1.807, 2.05) is 30.6 Å². The lowest BCUT2D eigenvalue weighted by atomic mass is 9.79. The third-order valence-electron chi connectivity index (χ3n) is 7.75. The monoisotopic (exact) mass is 507 g/mol. The summed E-state index contributed by atoms with van der Waals surface area (Å²) in [6, 6.07) is 11.5. The molecule has 1 aliphatic heterocycles. The van der Waals surface area contributed by atoms with Crippen molar-refractivity contribution in [2.75, 3.05) is 26.7 Å². The predicted molar refractivity (Wildman–Crippen MR) is 143 cm³/mol. The summed E-state index contributed by atoms with van der Waals surface area (Å²) in [6.07, 6.45) is 10.5. The number of alkyl halides is 1. The molecular weight excluding hydrogens is 469 g/mol. The number of methoxy groups -OCH3 is 1. The number of halogens is 1. The lowest BCUT2D eigenvalue weighted by Crippen LogP contribution is -2.41. The molecular formula is C30H38FN3O3. The summed E-state index contributed by atoms with van der Waals surface area (Å²) in [5.41, 5.74) is 2.73. The van der Waals surface area contributed by atoms with Crippen LogP contribution in [0.15, 0.2) is 55.0 Å². The number of hydrogen-bond donors (Lipinski definition) is 1. The lowest BCUT2D eigenvalue weighted by molar-refractivity contribution is -0.137. The van der Waals surface area contributed by atoms with Crippen molar-refractivity contribution >= 4 is 16.9 Å². The number of benzene rings is 1.